The third-order valence-corrected chi connectivity index (χ3v) is 5.44. The molecule has 9 heteroatoms. The summed E-state index contributed by atoms with van der Waals surface area (Å²) in [5.41, 5.74) is 4.16. The van der Waals surface area contributed by atoms with Crippen molar-refractivity contribution in [3.05, 3.63) is 71.0 Å². The average molecular weight is 471 g/mol. The summed E-state index contributed by atoms with van der Waals surface area (Å²) in [4.78, 5) is 22.0. The summed E-state index contributed by atoms with van der Waals surface area (Å²) in [5.74, 6) is 0.935. The fourth-order valence-corrected chi connectivity index (χ4v) is 3.91. The van der Waals surface area contributed by atoms with E-state index in [2.05, 4.69) is 14.6 Å². The maximum absolute atomic E-state index is 12.5. The number of alkyl halides is 3. The normalized spacial score (nSPS) is 13.9. The summed E-state index contributed by atoms with van der Waals surface area (Å²) >= 11 is 0. The Hall–Kier alpha value is -3.46. The monoisotopic (exact) mass is 471 g/mol. The minimum Gasteiger partial charge on any atom is -0.489 e. The molecule has 1 aliphatic rings. The van der Waals surface area contributed by atoms with Gasteiger partial charge in [-0.3, -0.25) is 4.90 Å². The number of nitrogens with zero attached hydrogens (tertiary/aromatic N) is 3. The fourth-order valence-electron chi connectivity index (χ4n) is 3.91. The molecule has 6 nitrogen and oxygen atoms in total. The highest BCUT2D eigenvalue weighted by Gasteiger charge is 2.31. The lowest BCUT2D eigenvalue weighted by molar-refractivity contribution is -0.274. The molecule has 0 unspecified atom stereocenters. The SMILES string of the molecule is Cc1cc(COc2ccc(-c3ncc4c(n3)CCN(CCC=O)C4)cc2)cc(OC(F)(F)F)c1. The Morgan fingerprint density at radius 2 is 1.91 bits per heavy atom. The summed E-state index contributed by atoms with van der Waals surface area (Å²) in [6, 6.07) is 11.7. The third kappa shape index (κ3) is 6.32. The Balaban J connectivity index is 1.39. The van der Waals surface area contributed by atoms with Crippen molar-refractivity contribution in [2.45, 2.75) is 39.3 Å². The van der Waals surface area contributed by atoms with Gasteiger partial charge in [0.2, 0.25) is 0 Å². The fraction of sp³-hybridized carbons (Fsp3) is 0.320. The lowest BCUT2D eigenvalue weighted by Gasteiger charge is -2.27. The van der Waals surface area contributed by atoms with E-state index in [0.717, 1.165) is 49.2 Å². The number of benzene rings is 2. The first-order valence-corrected chi connectivity index (χ1v) is 10.9. The van der Waals surface area contributed by atoms with Crippen LogP contribution in [-0.4, -0.2) is 40.6 Å². The Morgan fingerprint density at radius 1 is 1.12 bits per heavy atom. The van der Waals surface area contributed by atoms with Gasteiger partial charge in [-0.1, -0.05) is 6.07 Å². The zero-order chi connectivity index (χ0) is 24.1. The number of hydrogen-bond donors (Lipinski definition) is 0. The largest absolute Gasteiger partial charge is 0.573 e. The summed E-state index contributed by atoms with van der Waals surface area (Å²) in [7, 11) is 0. The Morgan fingerprint density at radius 3 is 2.65 bits per heavy atom. The molecule has 0 atom stereocenters. The Kier molecular flexibility index (Phi) is 7.12. The molecular weight excluding hydrogens is 447 g/mol. The van der Waals surface area contributed by atoms with E-state index in [-0.39, 0.29) is 12.4 Å². The number of rotatable bonds is 8. The van der Waals surface area contributed by atoms with Crippen LogP contribution in [0.1, 0.15) is 28.8 Å². The van der Waals surface area contributed by atoms with Crippen LogP contribution in [0.15, 0.2) is 48.7 Å². The van der Waals surface area contributed by atoms with Crippen molar-refractivity contribution in [3.63, 3.8) is 0 Å². The van der Waals surface area contributed by atoms with E-state index in [0.29, 0.717) is 29.1 Å². The van der Waals surface area contributed by atoms with Gasteiger partial charge in [-0.05, 0) is 54.4 Å². The molecule has 0 saturated carbocycles. The molecule has 0 amide bonds. The number of aryl methyl sites for hydroxylation is 1. The van der Waals surface area contributed by atoms with Crippen LogP contribution < -0.4 is 9.47 Å². The second-order valence-electron chi connectivity index (χ2n) is 8.16. The molecule has 2 aromatic carbocycles. The summed E-state index contributed by atoms with van der Waals surface area (Å²) in [6.45, 7) is 4.14. The second-order valence-corrected chi connectivity index (χ2v) is 8.16. The molecule has 3 aromatic rings. The zero-order valence-corrected chi connectivity index (χ0v) is 18.6. The number of aldehydes is 1. The van der Waals surface area contributed by atoms with Crippen LogP contribution in [0.4, 0.5) is 13.2 Å². The number of carbonyl (C=O) groups is 1. The predicted octanol–water partition coefficient (Wildman–Crippen LogP) is 4.88. The van der Waals surface area contributed by atoms with Crippen LogP contribution in [0, 0.1) is 6.92 Å². The minimum atomic E-state index is -4.74. The number of hydrogen-bond acceptors (Lipinski definition) is 6. The van der Waals surface area contributed by atoms with E-state index in [1.807, 2.05) is 18.3 Å². The van der Waals surface area contributed by atoms with E-state index < -0.39 is 6.36 Å². The van der Waals surface area contributed by atoms with Gasteiger partial charge in [-0.25, -0.2) is 9.97 Å². The molecule has 0 fully saturated rings. The molecule has 1 aliphatic heterocycles. The van der Waals surface area contributed by atoms with Crippen LogP contribution in [0.2, 0.25) is 0 Å². The highest BCUT2D eigenvalue weighted by atomic mass is 19.4. The third-order valence-electron chi connectivity index (χ3n) is 5.44. The predicted molar refractivity (Wildman–Crippen MR) is 119 cm³/mol. The van der Waals surface area contributed by atoms with Gasteiger partial charge in [-0.15, -0.1) is 13.2 Å². The number of carbonyl (C=O) groups excluding carboxylic acids is 1. The van der Waals surface area contributed by atoms with E-state index in [1.54, 1.807) is 25.1 Å². The molecule has 0 saturated heterocycles. The van der Waals surface area contributed by atoms with Crippen LogP contribution in [0.5, 0.6) is 11.5 Å². The number of halogens is 3. The van der Waals surface area contributed by atoms with Gasteiger partial charge in [0.25, 0.3) is 0 Å². The lowest BCUT2D eigenvalue weighted by Crippen LogP contribution is -2.32. The molecule has 0 radical (unpaired) electrons. The summed E-state index contributed by atoms with van der Waals surface area (Å²) < 4.78 is 47.3. The molecule has 0 bridgehead atoms. The maximum Gasteiger partial charge on any atom is 0.573 e. The molecule has 178 valence electrons. The lowest BCUT2D eigenvalue weighted by atomic mass is 10.1. The van der Waals surface area contributed by atoms with E-state index in [1.165, 1.54) is 12.1 Å². The molecule has 0 spiro atoms. The summed E-state index contributed by atoms with van der Waals surface area (Å²) in [5, 5.41) is 0. The summed E-state index contributed by atoms with van der Waals surface area (Å²) in [6.07, 6.45) is -0.636. The van der Waals surface area contributed by atoms with E-state index in [4.69, 9.17) is 9.72 Å². The van der Waals surface area contributed by atoms with Crippen molar-refractivity contribution in [2.24, 2.45) is 0 Å². The van der Waals surface area contributed by atoms with Crippen molar-refractivity contribution in [3.8, 4) is 22.9 Å². The zero-order valence-electron chi connectivity index (χ0n) is 18.6. The molecule has 0 aliphatic carbocycles. The quantitative estimate of drug-likeness (QED) is 0.437. The molecular formula is C25H24F3N3O3. The topological polar surface area (TPSA) is 64.6 Å². The van der Waals surface area contributed by atoms with Crippen molar-refractivity contribution in [1.29, 1.82) is 0 Å². The molecule has 1 aromatic heterocycles. The van der Waals surface area contributed by atoms with E-state index in [9.17, 15) is 18.0 Å². The minimum absolute atomic E-state index is 0.102. The van der Waals surface area contributed by atoms with Gasteiger partial charge in [0.1, 0.15) is 24.4 Å². The van der Waals surface area contributed by atoms with Gasteiger partial charge in [0.05, 0.1) is 5.69 Å². The maximum atomic E-state index is 12.5. The van der Waals surface area contributed by atoms with Gasteiger partial charge < -0.3 is 14.3 Å². The van der Waals surface area contributed by atoms with Gasteiger partial charge >= 0.3 is 6.36 Å². The van der Waals surface area contributed by atoms with Crippen molar-refractivity contribution in [1.82, 2.24) is 14.9 Å². The van der Waals surface area contributed by atoms with E-state index >= 15 is 0 Å². The molecule has 34 heavy (non-hydrogen) atoms. The highest BCUT2D eigenvalue weighted by molar-refractivity contribution is 5.56. The van der Waals surface area contributed by atoms with Crippen LogP contribution in [0.3, 0.4) is 0 Å². The first-order valence-electron chi connectivity index (χ1n) is 10.9. The standard InChI is InChI=1S/C25H24F3N3O3/c1-17-11-18(13-22(12-17)34-25(26,27)28)16-33-21-5-3-19(4-6-21)24-29-14-20-15-31(8-2-10-32)9-7-23(20)30-24/h3-6,10-14H,2,7-9,15-16H2,1H3. The van der Waals surface area contributed by atoms with Crippen LogP contribution in [0.25, 0.3) is 11.4 Å². The Bertz CT molecular complexity index is 1150. The van der Waals surface area contributed by atoms with Gasteiger partial charge in [0, 0.05) is 49.8 Å². The number of fused-ring (bicyclic) bond motifs is 1. The van der Waals surface area contributed by atoms with Crippen molar-refractivity contribution in [2.75, 3.05) is 13.1 Å². The van der Waals surface area contributed by atoms with Crippen molar-refractivity contribution < 1.29 is 27.4 Å². The van der Waals surface area contributed by atoms with Gasteiger partial charge in [-0.2, -0.15) is 0 Å². The number of aromatic nitrogens is 2. The van der Waals surface area contributed by atoms with Crippen molar-refractivity contribution >= 4 is 6.29 Å². The van der Waals surface area contributed by atoms with Crippen LogP contribution >= 0.6 is 0 Å². The molecule has 4 rings (SSSR count). The second kappa shape index (κ2) is 10.2. The molecule has 0 N–H and O–H groups in total. The van der Waals surface area contributed by atoms with Crippen LogP contribution in [-0.2, 0) is 24.4 Å². The smallest absolute Gasteiger partial charge is 0.489 e. The Labute approximate surface area is 195 Å². The highest BCUT2D eigenvalue weighted by Crippen LogP contribution is 2.27. The molecule has 2 heterocycles. The first-order chi connectivity index (χ1) is 16.3. The van der Waals surface area contributed by atoms with Gasteiger partial charge in [0.15, 0.2) is 5.82 Å². The average Bonchev–Trinajstić information content (AvgIpc) is 2.80. The number of ether oxygens (including phenoxy) is 2. The first kappa shape index (κ1) is 23.7.